The van der Waals surface area contributed by atoms with E-state index in [9.17, 15) is 14.7 Å². The van der Waals surface area contributed by atoms with Crippen molar-refractivity contribution in [2.75, 3.05) is 6.54 Å². The van der Waals surface area contributed by atoms with Crippen LogP contribution in [0.15, 0.2) is 30.3 Å². The highest BCUT2D eigenvalue weighted by Gasteiger charge is 2.28. The van der Waals surface area contributed by atoms with E-state index < -0.39 is 17.4 Å². The molecule has 6 heteroatoms. The van der Waals surface area contributed by atoms with Crippen molar-refractivity contribution in [2.24, 2.45) is 0 Å². The van der Waals surface area contributed by atoms with E-state index in [0.717, 1.165) is 40.6 Å². The molecule has 3 rings (SSSR count). The number of hydrogen-bond acceptors (Lipinski definition) is 4. The Morgan fingerprint density at radius 2 is 1.85 bits per heavy atom. The highest BCUT2D eigenvalue weighted by Crippen LogP contribution is 2.32. The lowest BCUT2D eigenvalue weighted by Crippen LogP contribution is -2.47. The van der Waals surface area contributed by atoms with Gasteiger partial charge in [0.05, 0.1) is 6.54 Å². The summed E-state index contributed by atoms with van der Waals surface area (Å²) in [4.78, 5) is 25.0. The quantitative estimate of drug-likeness (QED) is 0.568. The number of benzene rings is 1. The molecule has 1 saturated carbocycles. The van der Waals surface area contributed by atoms with E-state index in [1.807, 2.05) is 30.3 Å². The van der Waals surface area contributed by atoms with Gasteiger partial charge >= 0.3 is 11.8 Å². The molecule has 1 heterocycles. The van der Waals surface area contributed by atoms with Crippen LogP contribution >= 0.6 is 11.3 Å². The maximum absolute atomic E-state index is 12.1. The zero-order valence-electron chi connectivity index (χ0n) is 15.1. The second-order valence-corrected chi connectivity index (χ2v) is 8.35. The fraction of sp³-hybridized carbons (Fsp3) is 0.500. The van der Waals surface area contributed by atoms with Crippen molar-refractivity contribution in [3.8, 4) is 0 Å². The van der Waals surface area contributed by atoms with Crippen LogP contribution in [0, 0.1) is 0 Å². The van der Waals surface area contributed by atoms with Crippen LogP contribution in [-0.2, 0) is 15.2 Å². The third-order valence-electron chi connectivity index (χ3n) is 4.95. The molecule has 26 heavy (non-hydrogen) atoms. The van der Waals surface area contributed by atoms with Crippen molar-refractivity contribution in [1.82, 2.24) is 10.6 Å². The SMILES string of the molecule is CC(O)(CNC(=O)C(=O)NC1CCCCCC1)c1cc2ccccc2s1. The first-order valence-corrected chi connectivity index (χ1v) is 10.1. The Kier molecular flexibility index (Phi) is 5.94. The van der Waals surface area contributed by atoms with Crippen molar-refractivity contribution in [3.05, 3.63) is 35.2 Å². The van der Waals surface area contributed by atoms with Gasteiger partial charge in [0.25, 0.3) is 0 Å². The van der Waals surface area contributed by atoms with Gasteiger partial charge in [-0.15, -0.1) is 11.3 Å². The number of amides is 2. The van der Waals surface area contributed by atoms with Gasteiger partial charge in [0.2, 0.25) is 0 Å². The van der Waals surface area contributed by atoms with E-state index in [4.69, 9.17) is 0 Å². The van der Waals surface area contributed by atoms with Gasteiger partial charge in [0.15, 0.2) is 0 Å². The fourth-order valence-electron chi connectivity index (χ4n) is 3.34. The molecule has 1 aliphatic carbocycles. The summed E-state index contributed by atoms with van der Waals surface area (Å²) < 4.78 is 1.08. The van der Waals surface area contributed by atoms with Crippen LogP contribution in [-0.4, -0.2) is 29.5 Å². The molecule has 1 aromatic heterocycles. The van der Waals surface area contributed by atoms with E-state index >= 15 is 0 Å². The van der Waals surface area contributed by atoms with Gasteiger partial charge in [-0.05, 0) is 37.3 Å². The number of nitrogens with one attached hydrogen (secondary N) is 2. The molecule has 2 amide bonds. The van der Waals surface area contributed by atoms with Crippen LogP contribution in [0.1, 0.15) is 50.3 Å². The van der Waals surface area contributed by atoms with E-state index in [0.29, 0.717) is 0 Å². The number of aliphatic hydroxyl groups is 1. The summed E-state index contributed by atoms with van der Waals surface area (Å²) in [6.45, 7) is 1.65. The molecule has 1 atom stereocenters. The summed E-state index contributed by atoms with van der Waals surface area (Å²) in [7, 11) is 0. The predicted octanol–water partition coefficient (Wildman–Crippen LogP) is 3.06. The smallest absolute Gasteiger partial charge is 0.309 e. The van der Waals surface area contributed by atoms with Crippen LogP contribution in [0.2, 0.25) is 0 Å². The summed E-state index contributed by atoms with van der Waals surface area (Å²) in [5, 5.41) is 17.2. The van der Waals surface area contributed by atoms with Gasteiger partial charge in [-0.1, -0.05) is 43.9 Å². The average Bonchev–Trinajstić information content (AvgIpc) is 2.92. The Bertz CT molecular complexity index is 743. The highest BCUT2D eigenvalue weighted by atomic mass is 32.1. The normalized spacial score (nSPS) is 18.1. The topological polar surface area (TPSA) is 78.4 Å². The molecule has 1 fully saturated rings. The molecule has 1 aromatic carbocycles. The van der Waals surface area contributed by atoms with Gasteiger partial charge in [-0.3, -0.25) is 9.59 Å². The molecular weight excluding hydrogens is 348 g/mol. The van der Waals surface area contributed by atoms with Gasteiger partial charge in [-0.2, -0.15) is 0 Å². The summed E-state index contributed by atoms with van der Waals surface area (Å²) in [6.07, 6.45) is 6.42. The molecule has 1 unspecified atom stereocenters. The zero-order valence-corrected chi connectivity index (χ0v) is 15.9. The number of hydrogen-bond donors (Lipinski definition) is 3. The summed E-state index contributed by atoms with van der Waals surface area (Å²) >= 11 is 1.49. The molecule has 3 N–H and O–H groups in total. The van der Waals surface area contributed by atoms with Gasteiger partial charge < -0.3 is 15.7 Å². The molecule has 5 nitrogen and oxygen atoms in total. The molecule has 0 spiro atoms. The number of carbonyl (C=O) groups excluding carboxylic acids is 2. The van der Waals surface area contributed by atoms with Crippen LogP contribution in [0.5, 0.6) is 0 Å². The van der Waals surface area contributed by atoms with E-state index in [-0.39, 0.29) is 12.6 Å². The minimum absolute atomic E-state index is 0.00323. The lowest BCUT2D eigenvalue weighted by atomic mass is 10.0. The number of rotatable bonds is 4. The van der Waals surface area contributed by atoms with Crippen LogP contribution in [0.25, 0.3) is 10.1 Å². The summed E-state index contributed by atoms with van der Waals surface area (Å²) in [5.41, 5.74) is -1.22. The Hall–Kier alpha value is -1.92. The maximum Gasteiger partial charge on any atom is 0.309 e. The lowest BCUT2D eigenvalue weighted by Gasteiger charge is -2.22. The van der Waals surface area contributed by atoms with Crippen molar-refractivity contribution >= 4 is 33.2 Å². The minimum Gasteiger partial charge on any atom is -0.383 e. The predicted molar refractivity (Wildman–Crippen MR) is 104 cm³/mol. The molecule has 1 aliphatic rings. The first kappa shape index (κ1) is 18.9. The Labute approximate surface area is 157 Å². The number of fused-ring (bicyclic) bond motifs is 1. The van der Waals surface area contributed by atoms with Crippen molar-refractivity contribution in [2.45, 2.75) is 57.1 Å². The van der Waals surface area contributed by atoms with Gasteiger partial charge in [0.1, 0.15) is 5.60 Å². The van der Waals surface area contributed by atoms with Crippen molar-refractivity contribution in [3.63, 3.8) is 0 Å². The largest absolute Gasteiger partial charge is 0.383 e. The van der Waals surface area contributed by atoms with E-state index in [2.05, 4.69) is 10.6 Å². The Morgan fingerprint density at radius 3 is 2.54 bits per heavy atom. The standard InChI is InChI=1S/C20H26N2O3S/c1-20(25,17-12-14-8-6-7-11-16(14)26-17)13-21-18(23)19(24)22-15-9-4-2-3-5-10-15/h6-8,11-12,15,25H,2-5,9-10,13H2,1H3,(H,21,23)(H,22,24). The molecule has 0 aliphatic heterocycles. The second-order valence-electron chi connectivity index (χ2n) is 7.27. The summed E-state index contributed by atoms with van der Waals surface area (Å²) in [5.74, 6) is -1.29. The molecule has 0 radical (unpaired) electrons. The first-order chi connectivity index (χ1) is 12.5. The van der Waals surface area contributed by atoms with Crippen LogP contribution < -0.4 is 10.6 Å². The monoisotopic (exact) mass is 374 g/mol. The molecular formula is C20H26N2O3S. The van der Waals surface area contributed by atoms with Crippen LogP contribution in [0.4, 0.5) is 0 Å². The van der Waals surface area contributed by atoms with Crippen molar-refractivity contribution in [1.29, 1.82) is 0 Å². The Balaban J connectivity index is 1.56. The molecule has 0 bridgehead atoms. The third-order valence-corrected chi connectivity index (χ3v) is 6.32. The van der Waals surface area contributed by atoms with Crippen LogP contribution in [0.3, 0.4) is 0 Å². The Morgan fingerprint density at radius 1 is 1.15 bits per heavy atom. The molecule has 2 aromatic rings. The fourth-order valence-corrected chi connectivity index (χ4v) is 4.45. The summed E-state index contributed by atoms with van der Waals surface area (Å²) in [6, 6.07) is 9.91. The van der Waals surface area contributed by atoms with Crippen molar-refractivity contribution < 1.29 is 14.7 Å². The third kappa shape index (κ3) is 4.62. The second kappa shape index (κ2) is 8.18. The minimum atomic E-state index is -1.22. The first-order valence-electron chi connectivity index (χ1n) is 9.26. The number of thiophene rings is 1. The highest BCUT2D eigenvalue weighted by molar-refractivity contribution is 7.19. The lowest BCUT2D eigenvalue weighted by molar-refractivity contribution is -0.140. The average molecular weight is 375 g/mol. The number of carbonyl (C=O) groups is 2. The maximum atomic E-state index is 12.1. The molecule has 140 valence electrons. The zero-order chi connectivity index (χ0) is 18.6. The van der Waals surface area contributed by atoms with E-state index in [1.54, 1.807) is 6.92 Å². The van der Waals surface area contributed by atoms with Gasteiger partial charge in [0, 0.05) is 15.6 Å². The van der Waals surface area contributed by atoms with E-state index in [1.165, 1.54) is 24.2 Å². The molecule has 0 saturated heterocycles. The van der Waals surface area contributed by atoms with Gasteiger partial charge in [-0.25, -0.2) is 0 Å².